The van der Waals surface area contributed by atoms with Crippen LogP contribution < -0.4 is 10.2 Å². The van der Waals surface area contributed by atoms with Crippen LogP contribution in [0.5, 0.6) is 11.5 Å². The van der Waals surface area contributed by atoms with Gasteiger partial charge in [0.15, 0.2) is 5.54 Å². The molecule has 2 aromatic carbocycles. The Kier molecular flexibility index (Phi) is 4.80. The van der Waals surface area contributed by atoms with Gasteiger partial charge in [0.2, 0.25) is 5.78 Å². The Hall–Kier alpha value is -3.22. The minimum absolute atomic E-state index is 0.138. The normalized spacial score (nSPS) is 28.7. The second-order valence-corrected chi connectivity index (χ2v) is 9.66. The van der Waals surface area contributed by atoms with E-state index >= 15 is 0 Å². The van der Waals surface area contributed by atoms with Gasteiger partial charge in [0, 0.05) is 23.0 Å². The number of carboxylic acid groups (broad SMARTS) is 1. The molecule has 7 heteroatoms. The van der Waals surface area contributed by atoms with Crippen molar-refractivity contribution >= 4 is 11.8 Å². The van der Waals surface area contributed by atoms with Gasteiger partial charge < -0.3 is 9.84 Å². The molecule has 2 heterocycles. The van der Waals surface area contributed by atoms with E-state index in [0.29, 0.717) is 23.6 Å². The monoisotopic (exact) mass is 435 g/mol. The van der Waals surface area contributed by atoms with E-state index in [2.05, 4.69) is 19.3 Å². The number of nitroso groups, excluding NO2 is 1. The quantitative estimate of drug-likeness (QED) is 0.668. The van der Waals surface area contributed by atoms with E-state index in [9.17, 15) is 19.6 Å². The number of hydrazine groups is 1. The maximum absolute atomic E-state index is 13.4. The Morgan fingerprint density at radius 1 is 1.16 bits per heavy atom. The van der Waals surface area contributed by atoms with Gasteiger partial charge in [0.1, 0.15) is 16.4 Å². The van der Waals surface area contributed by atoms with Crippen LogP contribution in [0.3, 0.4) is 0 Å². The van der Waals surface area contributed by atoms with Gasteiger partial charge in [-0.05, 0) is 36.8 Å². The SMILES string of the molecule is CC(C)CC1C(C(=O)O)C1C1(CC2c3ccccc3Oc3ccccc32)N[N+](=O)CC1=O. The smallest absolute Gasteiger partial charge is 0.307 e. The molecule has 5 rings (SSSR count). The molecule has 3 aliphatic rings. The third-order valence-electron chi connectivity index (χ3n) is 7.21. The molecule has 2 aromatic rings. The second kappa shape index (κ2) is 7.43. The number of carbonyl (C=O) groups excluding carboxylic acids is 1. The predicted molar refractivity (Wildman–Crippen MR) is 116 cm³/mol. The summed E-state index contributed by atoms with van der Waals surface area (Å²) >= 11 is 0. The van der Waals surface area contributed by atoms with Crippen LogP contribution in [-0.4, -0.2) is 33.8 Å². The predicted octanol–water partition coefficient (Wildman–Crippen LogP) is 3.91. The molecular formula is C25H27N2O5+. The fraction of sp³-hybridized carbons (Fsp3) is 0.440. The van der Waals surface area contributed by atoms with Crippen molar-refractivity contribution in [2.75, 3.05) is 6.54 Å². The number of nitrogens with one attached hydrogen (secondary N) is 1. The fourth-order valence-electron chi connectivity index (χ4n) is 5.92. The van der Waals surface area contributed by atoms with Crippen LogP contribution in [0.2, 0.25) is 0 Å². The van der Waals surface area contributed by atoms with Gasteiger partial charge in [-0.3, -0.25) is 9.59 Å². The first-order chi connectivity index (χ1) is 15.3. The third-order valence-corrected chi connectivity index (χ3v) is 7.21. The number of hydrogen-bond donors (Lipinski definition) is 2. The highest BCUT2D eigenvalue weighted by atomic mass is 16.5. The number of ketones is 1. The summed E-state index contributed by atoms with van der Waals surface area (Å²) in [5.41, 5.74) is 3.57. The first-order valence-corrected chi connectivity index (χ1v) is 11.2. The van der Waals surface area contributed by atoms with Gasteiger partial charge >= 0.3 is 5.97 Å². The number of aliphatic carboxylic acids is 1. The summed E-state index contributed by atoms with van der Waals surface area (Å²) in [7, 11) is 0. The van der Waals surface area contributed by atoms with Crippen LogP contribution in [0.15, 0.2) is 48.5 Å². The first-order valence-electron chi connectivity index (χ1n) is 11.2. The largest absolute Gasteiger partial charge is 0.481 e. The molecule has 0 radical (unpaired) electrons. The van der Waals surface area contributed by atoms with Crippen LogP contribution in [0.1, 0.15) is 43.7 Å². The fourth-order valence-corrected chi connectivity index (χ4v) is 5.92. The average molecular weight is 436 g/mol. The lowest BCUT2D eigenvalue weighted by Crippen LogP contribution is -2.51. The number of fused-ring (bicyclic) bond motifs is 2. The van der Waals surface area contributed by atoms with E-state index in [-0.39, 0.29) is 24.2 Å². The molecule has 0 aromatic heterocycles. The minimum atomic E-state index is -1.22. The molecular weight excluding hydrogens is 408 g/mol. The summed E-state index contributed by atoms with van der Waals surface area (Å²) in [6, 6.07) is 15.4. The van der Waals surface area contributed by atoms with E-state index in [1.807, 2.05) is 48.5 Å². The summed E-state index contributed by atoms with van der Waals surface area (Å²) in [6.07, 6.45) is 1.02. The Morgan fingerprint density at radius 3 is 2.25 bits per heavy atom. The number of rotatable bonds is 6. The van der Waals surface area contributed by atoms with Gasteiger partial charge in [-0.25, -0.2) is 0 Å². The van der Waals surface area contributed by atoms with E-state index in [1.165, 1.54) is 0 Å². The molecule has 1 aliphatic carbocycles. The molecule has 4 unspecified atom stereocenters. The highest BCUT2D eigenvalue weighted by molar-refractivity contribution is 5.93. The van der Waals surface area contributed by atoms with Crippen LogP contribution >= 0.6 is 0 Å². The lowest BCUT2D eigenvalue weighted by Gasteiger charge is -2.33. The van der Waals surface area contributed by atoms with Gasteiger partial charge in [0.05, 0.1) is 10.8 Å². The summed E-state index contributed by atoms with van der Waals surface area (Å²) in [5, 5.41) is 9.90. The maximum Gasteiger partial charge on any atom is 0.307 e. The summed E-state index contributed by atoms with van der Waals surface area (Å²) < 4.78 is 6.09. The van der Waals surface area contributed by atoms with E-state index in [4.69, 9.17) is 4.74 Å². The minimum Gasteiger partial charge on any atom is -0.481 e. The number of para-hydroxylation sites is 2. The van der Waals surface area contributed by atoms with Gasteiger partial charge in [0.25, 0.3) is 6.54 Å². The molecule has 1 saturated carbocycles. The molecule has 7 nitrogen and oxygen atoms in total. The van der Waals surface area contributed by atoms with E-state index in [1.54, 1.807) is 0 Å². The molecule has 0 bridgehead atoms. The number of ether oxygens (including phenoxy) is 1. The Balaban J connectivity index is 1.60. The number of carbonyl (C=O) groups is 2. The van der Waals surface area contributed by atoms with Crippen LogP contribution in [0, 0.1) is 28.6 Å². The van der Waals surface area contributed by atoms with Crippen molar-refractivity contribution in [3.8, 4) is 11.5 Å². The standard InChI is InChI=1S/C25H26N2O5/c1-14(2)11-17-22(24(29)30)23(17)25(21(28)13-27(31)26-25)12-18-15-7-3-5-9-19(15)32-20-10-6-4-8-16(18)20/h3-10,14,17-18,22-23H,11-13H2,1-2H3,(H-,26,29,30,31)/p+1. The van der Waals surface area contributed by atoms with Crippen molar-refractivity contribution in [1.82, 2.24) is 5.43 Å². The van der Waals surface area contributed by atoms with Crippen molar-refractivity contribution in [1.29, 1.82) is 0 Å². The number of hydrogen-bond acceptors (Lipinski definition) is 4. The molecule has 0 spiro atoms. The topological polar surface area (TPSA) is 95.7 Å². The molecule has 166 valence electrons. The molecule has 0 amide bonds. The molecule has 32 heavy (non-hydrogen) atoms. The number of benzene rings is 2. The zero-order valence-corrected chi connectivity index (χ0v) is 18.2. The van der Waals surface area contributed by atoms with Crippen molar-refractivity contribution in [2.24, 2.45) is 23.7 Å². The lowest BCUT2D eigenvalue weighted by atomic mass is 9.74. The number of Topliss-reactive ketones (excluding diaryl/α,β-unsaturated/α-hetero) is 1. The van der Waals surface area contributed by atoms with Crippen LogP contribution in [0.4, 0.5) is 0 Å². The van der Waals surface area contributed by atoms with E-state index in [0.717, 1.165) is 22.6 Å². The zero-order chi connectivity index (χ0) is 22.6. The van der Waals surface area contributed by atoms with Crippen molar-refractivity contribution < 1.29 is 24.3 Å². The van der Waals surface area contributed by atoms with E-state index < -0.39 is 23.3 Å². The molecule has 2 aliphatic heterocycles. The average Bonchev–Trinajstić information content (AvgIpc) is 3.38. The van der Waals surface area contributed by atoms with Gasteiger partial charge in [-0.15, -0.1) is 5.43 Å². The third kappa shape index (κ3) is 3.18. The molecule has 2 N–H and O–H groups in total. The lowest BCUT2D eigenvalue weighted by molar-refractivity contribution is -0.591. The Labute approximate surface area is 186 Å². The highest BCUT2D eigenvalue weighted by Gasteiger charge is 2.72. The summed E-state index contributed by atoms with van der Waals surface area (Å²) in [4.78, 5) is 38.4. The zero-order valence-electron chi connectivity index (χ0n) is 18.2. The number of nitrogens with zero attached hydrogens (tertiary/aromatic N) is 1. The summed E-state index contributed by atoms with van der Waals surface area (Å²) in [5.74, 6) is -0.770. The van der Waals surface area contributed by atoms with Crippen molar-refractivity contribution in [2.45, 2.75) is 38.1 Å². The van der Waals surface area contributed by atoms with Crippen LogP contribution in [0.25, 0.3) is 0 Å². The maximum atomic E-state index is 13.4. The summed E-state index contributed by atoms with van der Waals surface area (Å²) in [6.45, 7) is 3.83. The molecule has 1 saturated heterocycles. The number of carboxylic acids is 1. The second-order valence-electron chi connectivity index (χ2n) is 9.66. The first kappa shape index (κ1) is 20.7. The van der Waals surface area contributed by atoms with Crippen molar-refractivity contribution in [3.05, 3.63) is 64.6 Å². The Morgan fingerprint density at radius 2 is 1.75 bits per heavy atom. The molecule has 2 fully saturated rings. The van der Waals surface area contributed by atoms with Crippen molar-refractivity contribution in [3.63, 3.8) is 0 Å². The van der Waals surface area contributed by atoms with Gasteiger partial charge in [-0.2, -0.15) is 0 Å². The molecule has 4 atom stereocenters. The van der Waals surface area contributed by atoms with Gasteiger partial charge in [-0.1, -0.05) is 50.2 Å². The Bertz CT molecular complexity index is 1070. The highest BCUT2D eigenvalue weighted by Crippen LogP contribution is 2.60. The van der Waals surface area contributed by atoms with Crippen LogP contribution in [-0.2, 0) is 9.59 Å².